The minimum atomic E-state index is 0.634. The molecule has 0 spiro atoms. The molecule has 112 valence electrons. The molecule has 3 rings (SSSR count). The largest absolute Gasteiger partial charge is 0.384 e. The molecule has 0 aromatic carbocycles. The van der Waals surface area contributed by atoms with Crippen molar-refractivity contribution in [2.75, 3.05) is 76.2 Å². The summed E-state index contributed by atoms with van der Waals surface area (Å²) in [6.45, 7) is 10.5. The van der Waals surface area contributed by atoms with Crippen LogP contribution in [0, 0.1) is 0 Å². The average Bonchev–Trinajstić information content (AvgIpc) is 2.93. The second-order valence-electron chi connectivity index (χ2n) is 5.46. The smallest absolute Gasteiger partial charge is 0.152 e. The second-order valence-corrected chi connectivity index (χ2v) is 5.46. The fourth-order valence-electron chi connectivity index (χ4n) is 2.80. The number of anilines is 2. The lowest BCUT2D eigenvalue weighted by molar-refractivity contribution is 0.0331. The summed E-state index contributed by atoms with van der Waals surface area (Å²) in [5, 5.41) is 7.02. The number of nitrogen functional groups attached to an aromatic ring is 1. The molecular weight excluding hydrogens is 256 g/mol. The van der Waals surface area contributed by atoms with Crippen LogP contribution in [0.25, 0.3) is 0 Å². The maximum atomic E-state index is 5.67. The van der Waals surface area contributed by atoms with Crippen LogP contribution in [0.5, 0.6) is 0 Å². The Kier molecular flexibility index (Phi) is 4.39. The van der Waals surface area contributed by atoms with Crippen molar-refractivity contribution in [1.29, 1.82) is 0 Å². The third-order valence-corrected chi connectivity index (χ3v) is 4.12. The Bertz CT molecular complexity index is 409. The van der Waals surface area contributed by atoms with Gasteiger partial charge in [0, 0.05) is 58.4 Å². The lowest BCUT2D eigenvalue weighted by Crippen LogP contribution is -2.49. The minimum absolute atomic E-state index is 0.634. The van der Waals surface area contributed by atoms with Crippen molar-refractivity contribution >= 4 is 11.6 Å². The zero-order chi connectivity index (χ0) is 13.8. The SMILES string of the molecule is Nc1cc(N2CCN(CCN3CCOCC3)CC2)n[nH]1. The molecule has 0 saturated carbocycles. The van der Waals surface area contributed by atoms with Crippen LogP contribution in [0.4, 0.5) is 11.6 Å². The molecule has 0 aliphatic carbocycles. The van der Waals surface area contributed by atoms with E-state index in [0.29, 0.717) is 5.82 Å². The Balaban J connectivity index is 1.39. The van der Waals surface area contributed by atoms with Gasteiger partial charge in [0.15, 0.2) is 5.82 Å². The highest BCUT2D eigenvalue weighted by molar-refractivity contribution is 5.47. The van der Waals surface area contributed by atoms with Crippen LogP contribution in [0.3, 0.4) is 0 Å². The number of nitrogens with two attached hydrogens (primary N) is 1. The molecule has 0 unspecified atom stereocenters. The van der Waals surface area contributed by atoms with Crippen molar-refractivity contribution < 1.29 is 4.74 Å². The van der Waals surface area contributed by atoms with Crippen molar-refractivity contribution in [2.24, 2.45) is 0 Å². The lowest BCUT2D eigenvalue weighted by Gasteiger charge is -2.36. The van der Waals surface area contributed by atoms with Crippen LogP contribution in [0.1, 0.15) is 0 Å². The molecule has 1 aromatic rings. The molecular formula is C13H24N6O. The Labute approximate surface area is 119 Å². The summed E-state index contributed by atoms with van der Waals surface area (Å²) in [4.78, 5) is 7.31. The van der Waals surface area contributed by atoms with Gasteiger partial charge in [-0.2, -0.15) is 5.10 Å². The van der Waals surface area contributed by atoms with Gasteiger partial charge in [-0.05, 0) is 0 Å². The summed E-state index contributed by atoms with van der Waals surface area (Å²) in [5.74, 6) is 1.60. The first-order chi connectivity index (χ1) is 9.81. The Morgan fingerprint density at radius 1 is 1.05 bits per heavy atom. The molecule has 3 heterocycles. The summed E-state index contributed by atoms with van der Waals surface area (Å²) in [6.07, 6.45) is 0. The van der Waals surface area contributed by atoms with Crippen molar-refractivity contribution in [2.45, 2.75) is 0 Å². The van der Waals surface area contributed by atoms with E-state index in [1.807, 2.05) is 6.07 Å². The summed E-state index contributed by atoms with van der Waals surface area (Å²) < 4.78 is 5.37. The van der Waals surface area contributed by atoms with E-state index in [4.69, 9.17) is 10.5 Å². The van der Waals surface area contributed by atoms with E-state index in [0.717, 1.165) is 71.4 Å². The molecule has 7 heteroatoms. The summed E-state index contributed by atoms with van der Waals surface area (Å²) in [6, 6.07) is 1.91. The third-order valence-electron chi connectivity index (χ3n) is 4.12. The first kappa shape index (κ1) is 13.7. The maximum Gasteiger partial charge on any atom is 0.152 e. The zero-order valence-electron chi connectivity index (χ0n) is 11.9. The zero-order valence-corrected chi connectivity index (χ0v) is 11.9. The van der Waals surface area contributed by atoms with Crippen LogP contribution in [-0.2, 0) is 4.74 Å². The number of ether oxygens (including phenoxy) is 1. The van der Waals surface area contributed by atoms with Gasteiger partial charge in [-0.25, -0.2) is 0 Å². The van der Waals surface area contributed by atoms with Crippen LogP contribution >= 0.6 is 0 Å². The third kappa shape index (κ3) is 3.41. The van der Waals surface area contributed by atoms with Crippen molar-refractivity contribution in [1.82, 2.24) is 20.0 Å². The molecule has 2 aliphatic rings. The number of hydrogen-bond acceptors (Lipinski definition) is 6. The van der Waals surface area contributed by atoms with E-state index < -0.39 is 0 Å². The molecule has 2 aliphatic heterocycles. The molecule has 0 atom stereocenters. The van der Waals surface area contributed by atoms with Crippen molar-refractivity contribution in [3.8, 4) is 0 Å². The molecule has 20 heavy (non-hydrogen) atoms. The summed E-state index contributed by atoms with van der Waals surface area (Å²) >= 11 is 0. The van der Waals surface area contributed by atoms with E-state index in [1.54, 1.807) is 0 Å². The number of aromatic nitrogens is 2. The van der Waals surface area contributed by atoms with Crippen LogP contribution in [0.2, 0.25) is 0 Å². The van der Waals surface area contributed by atoms with Crippen molar-refractivity contribution in [3.63, 3.8) is 0 Å². The molecule has 0 radical (unpaired) electrons. The number of nitrogens with one attached hydrogen (secondary N) is 1. The average molecular weight is 280 g/mol. The fraction of sp³-hybridized carbons (Fsp3) is 0.769. The number of aromatic amines is 1. The molecule has 2 saturated heterocycles. The molecule has 3 N–H and O–H groups in total. The highest BCUT2D eigenvalue weighted by atomic mass is 16.5. The fourth-order valence-corrected chi connectivity index (χ4v) is 2.80. The topological polar surface area (TPSA) is 73.7 Å². The number of rotatable bonds is 4. The molecule has 2 fully saturated rings. The number of piperazine rings is 1. The Hall–Kier alpha value is -1.31. The predicted octanol–water partition coefficient (Wildman–Crippen LogP) is -0.554. The molecule has 1 aromatic heterocycles. The summed E-state index contributed by atoms with van der Waals surface area (Å²) in [5.41, 5.74) is 5.67. The Morgan fingerprint density at radius 3 is 2.30 bits per heavy atom. The highest BCUT2D eigenvalue weighted by Gasteiger charge is 2.19. The van der Waals surface area contributed by atoms with Gasteiger partial charge < -0.3 is 15.4 Å². The molecule has 0 bridgehead atoms. The number of H-pyrrole nitrogens is 1. The van der Waals surface area contributed by atoms with Gasteiger partial charge in [0.2, 0.25) is 0 Å². The van der Waals surface area contributed by atoms with Gasteiger partial charge in [-0.15, -0.1) is 0 Å². The minimum Gasteiger partial charge on any atom is -0.384 e. The van der Waals surface area contributed by atoms with Crippen LogP contribution in [0.15, 0.2) is 6.07 Å². The van der Waals surface area contributed by atoms with Gasteiger partial charge in [0.25, 0.3) is 0 Å². The quantitative estimate of drug-likeness (QED) is 0.771. The van der Waals surface area contributed by atoms with E-state index >= 15 is 0 Å². The van der Waals surface area contributed by atoms with Crippen LogP contribution in [-0.4, -0.2) is 85.6 Å². The van der Waals surface area contributed by atoms with Crippen molar-refractivity contribution in [3.05, 3.63) is 6.07 Å². The van der Waals surface area contributed by atoms with Gasteiger partial charge in [-0.1, -0.05) is 0 Å². The standard InChI is InChI=1S/C13H24N6O/c14-12-11-13(16-15-12)19-5-3-17(4-6-19)1-2-18-7-9-20-10-8-18/h11H,1-10H2,(H3,14,15,16). The summed E-state index contributed by atoms with van der Waals surface area (Å²) in [7, 11) is 0. The molecule has 7 nitrogen and oxygen atoms in total. The normalized spacial score (nSPS) is 22.3. The van der Waals surface area contributed by atoms with E-state index in [9.17, 15) is 0 Å². The van der Waals surface area contributed by atoms with Gasteiger partial charge >= 0.3 is 0 Å². The molecule has 0 amide bonds. The number of nitrogens with zero attached hydrogens (tertiary/aromatic N) is 4. The van der Waals surface area contributed by atoms with E-state index in [1.165, 1.54) is 0 Å². The van der Waals surface area contributed by atoms with Gasteiger partial charge in [0.05, 0.1) is 13.2 Å². The van der Waals surface area contributed by atoms with Crippen LogP contribution < -0.4 is 10.6 Å². The first-order valence-electron chi connectivity index (χ1n) is 7.39. The van der Waals surface area contributed by atoms with Gasteiger partial charge in [0.1, 0.15) is 5.82 Å². The van der Waals surface area contributed by atoms with E-state index in [2.05, 4.69) is 24.9 Å². The lowest BCUT2D eigenvalue weighted by atomic mass is 10.3. The number of morpholine rings is 1. The predicted molar refractivity (Wildman–Crippen MR) is 78.9 cm³/mol. The van der Waals surface area contributed by atoms with Gasteiger partial charge in [-0.3, -0.25) is 14.9 Å². The maximum absolute atomic E-state index is 5.67. The monoisotopic (exact) mass is 280 g/mol. The van der Waals surface area contributed by atoms with E-state index in [-0.39, 0.29) is 0 Å². The first-order valence-corrected chi connectivity index (χ1v) is 7.39. The number of hydrogen-bond donors (Lipinski definition) is 2. The highest BCUT2D eigenvalue weighted by Crippen LogP contribution is 2.15. The Morgan fingerprint density at radius 2 is 1.70 bits per heavy atom. The second kappa shape index (κ2) is 6.43.